The van der Waals surface area contributed by atoms with Crippen LogP contribution < -0.4 is 0 Å². The Morgan fingerprint density at radius 2 is 1.71 bits per heavy atom. The number of hydrogen-bond acceptors (Lipinski definition) is 3. The summed E-state index contributed by atoms with van der Waals surface area (Å²) in [5, 5.41) is 0. The number of hydrogen-bond donors (Lipinski definition) is 1. The number of nitrogens with zero attached hydrogens (tertiary/aromatic N) is 3. The number of benzene rings is 2. The smallest absolute Gasteiger partial charge is 0.198 e. The average Bonchev–Trinajstić information content (AvgIpc) is 3.04. The maximum Gasteiger partial charge on any atom is 0.198 e. The molecule has 2 aromatic carbocycles. The van der Waals surface area contributed by atoms with Crippen LogP contribution in [-0.4, -0.2) is 19.9 Å². The summed E-state index contributed by atoms with van der Waals surface area (Å²) in [5.41, 5.74) is 6.07. The van der Waals surface area contributed by atoms with Gasteiger partial charge in [0.15, 0.2) is 6.33 Å². The fourth-order valence-corrected chi connectivity index (χ4v) is 2.54. The number of nitrogens with one attached hydrogen (secondary N) is 1. The topological polar surface area (TPSA) is 54.5 Å². The SMILES string of the molecule is [c]1nccc(-c2ccccc2-c2cccc3[nH]cnc23)n1. The molecule has 0 spiro atoms. The molecule has 4 heteroatoms. The summed E-state index contributed by atoms with van der Waals surface area (Å²) in [4.78, 5) is 15.7. The molecule has 21 heavy (non-hydrogen) atoms. The number of fused-ring (bicyclic) bond motifs is 1. The highest BCUT2D eigenvalue weighted by molar-refractivity contribution is 5.96. The van der Waals surface area contributed by atoms with Gasteiger partial charge in [-0.05, 0) is 17.7 Å². The molecule has 0 aliphatic heterocycles. The van der Waals surface area contributed by atoms with Crippen molar-refractivity contribution in [1.29, 1.82) is 0 Å². The van der Waals surface area contributed by atoms with E-state index in [1.165, 1.54) is 0 Å². The molecule has 0 amide bonds. The lowest BCUT2D eigenvalue weighted by atomic mass is 9.96. The lowest BCUT2D eigenvalue weighted by Gasteiger charge is -2.09. The van der Waals surface area contributed by atoms with E-state index in [2.05, 4.69) is 44.5 Å². The van der Waals surface area contributed by atoms with E-state index in [1.54, 1.807) is 12.5 Å². The van der Waals surface area contributed by atoms with Crippen LogP contribution in [0, 0.1) is 6.33 Å². The number of H-pyrrole nitrogens is 1. The van der Waals surface area contributed by atoms with E-state index in [1.807, 2.05) is 30.3 Å². The Balaban J connectivity index is 2.00. The van der Waals surface area contributed by atoms with E-state index in [0.29, 0.717) is 0 Å². The molecule has 0 unspecified atom stereocenters. The third-order valence-corrected chi connectivity index (χ3v) is 3.48. The molecule has 99 valence electrons. The van der Waals surface area contributed by atoms with Gasteiger partial charge in [0.1, 0.15) is 0 Å². The van der Waals surface area contributed by atoms with Gasteiger partial charge in [-0.15, -0.1) is 0 Å². The van der Waals surface area contributed by atoms with Crippen LogP contribution in [0.25, 0.3) is 33.4 Å². The number of rotatable bonds is 2. The third kappa shape index (κ3) is 1.97. The molecule has 4 rings (SSSR count). The molecule has 0 saturated carbocycles. The van der Waals surface area contributed by atoms with Crippen molar-refractivity contribution in [1.82, 2.24) is 19.9 Å². The molecule has 0 aliphatic carbocycles. The Labute approximate surface area is 121 Å². The highest BCUT2D eigenvalue weighted by Crippen LogP contribution is 2.33. The fourth-order valence-electron chi connectivity index (χ4n) is 2.54. The second-order valence-electron chi connectivity index (χ2n) is 4.69. The Morgan fingerprint density at radius 1 is 0.857 bits per heavy atom. The third-order valence-electron chi connectivity index (χ3n) is 3.48. The van der Waals surface area contributed by atoms with Crippen molar-refractivity contribution < 1.29 is 0 Å². The van der Waals surface area contributed by atoms with Gasteiger partial charge in [0, 0.05) is 17.3 Å². The minimum absolute atomic E-state index is 0.855. The summed E-state index contributed by atoms with van der Waals surface area (Å²) >= 11 is 0. The van der Waals surface area contributed by atoms with Gasteiger partial charge in [0.2, 0.25) is 0 Å². The molecule has 0 fully saturated rings. The zero-order valence-corrected chi connectivity index (χ0v) is 11.1. The Hall–Kier alpha value is -3.01. The fraction of sp³-hybridized carbons (Fsp3) is 0. The number of imidazole rings is 1. The van der Waals surface area contributed by atoms with Gasteiger partial charge >= 0.3 is 0 Å². The Bertz CT molecular complexity index is 897. The quantitative estimate of drug-likeness (QED) is 0.607. The predicted molar refractivity (Wildman–Crippen MR) is 81.4 cm³/mol. The van der Waals surface area contributed by atoms with Crippen molar-refractivity contribution in [3.05, 3.63) is 67.4 Å². The van der Waals surface area contributed by atoms with Gasteiger partial charge < -0.3 is 4.98 Å². The summed E-state index contributed by atoms with van der Waals surface area (Å²) < 4.78 is 0. The molecule has 0 bridgehead atoms. The van der Waals surface area contributed by atoms with E-state index in [-0.39, 0.29) is 0 Å². The minimum atomic E-state index is 0.855. The van der Waals surface area contributed by atoms with Crippen LogP contribution in [0.15, 0.2) is 61.1 Å². The number of para-hydroxylation sites is 1. The van der Waals surface area contributed by atoms with E-state index in [9.17, 15) is 0 Å². The molecule has 0 saturated heterocycles. The van der Waals surface area contributed by atoms with Crippen LogP contribution in [0.3, 0.4) is 0 Å². The van der Waals surface area contributed by atoms with Crippen molar-refractivity contribution in [3.8, 4) is 22.4 Å². The molecule has 1 radical (unpaired) electrons. The Morgan fingerprint density at radius 3 is 2.57 bits per heavy atom. The van der Waals surface area contributed by atoms with Gasteiger partial charge in [-0.1, -0.05) is 36.4 Å². The van der Waals surface area contributed by atoms with Crippen LogP contribution in [0.2, 0.25) is 0 Å². The molecular formula is C17H11N4. The van der Waals surface area contributed by atoms with Crippen molar-refractivity contribution in [2.45, 2.75) is 0 Å². The maximum absolute atomic E-state index is 4.43. The van der Waals surface area contributed by atoms with Crippen LogP contribution in [0.1, 0.15) is 0 Å². The summed E-state index contributed by atoms with van der Waals surface area (Å²) in [6.45, 7) is 0. The maximum atomic E-state index is 4.43. The summed E-state index contributed by atoms with van der Waals surface area (Å²) in [5.74, 6) is 0. The van der Waals surface area contributed by atoms with Gasteiger partial charge in [-0.2, -0.15) is 0 Å². The monoisotopic (exact) mass is 271 g/mol. The minimum Gasteiger partial charge on any atom is -0.345 e. The van der Waals surface area contributed by atoms with Crippen LogP contribution in [0.4, 0.5) is 0 Å². The normalized spacial score (nSPS) is 10.9. The second kappa shape index (κ2) is 4.83. The molecule has 0 atom stereocenters. The largest absolute Gasteiger partial charge is 0.345 e. The summed E-state index contributed by atoms with van der Waals surface area (Å²) in [6, 6.07) is 16.2. The standard InChI is InChI=1S/C17H11N4/c1-2-5-13(15-8-9-18-10-19-15)12(4-1)14-6-3-7-16-17(14)21-11-20-16/h1-9,11H,(H,20,21). The zero-order valence-electron chi connectivity index (χ0n) is 11.1. The molecule has 4 nitrogen and oxygen atoms in total. The van der Waals surface area contributed by atoms with E-state index in [4.69, 9.17) is 0 Å². The number of aromatic nitrogens is 4. The first-order chi connectivity index (χ1) is 10.4. The highest BCUT2D eigenvalue weighted by atomic mass is 14.9. The lowest BCUT2D eigenvalue weighted by molar-refractivity contribution is 1.15. The molecule has 1 N–H and O–H groups in total. The van der Waals surface area contributed by atoms with Crippen LogP contribution in [-0.2, 0) is 0 Å². The van der Waals surface area contributed by atoms with Gasteiger partial charge in [-0.3, -0.25) is 0 Å². The summed E-state index contributed by atoms with van der Waals surface area (Å²) in [6.07, 6.45) is 6.07. The first-order valence-corrected chi connectivity index (χ1v) is 6.64. The average molecular weight is 271 g/mol. The molecular weight excluding hydrogens is 260 g/mol. The molecule has 0 aliphatic rings. The van der Waals surface area contributed by atoms with E-state index < -0.39 is 0 Å². The van der Waals surface area contributed by atoms with E-state index in [0.717, 1.165) is 33.4 Å². The molecule has 2 aromatic heterocycles. The second-order valence-corrected chi connectivity index (χ2v) is 4.69. The molecule has 4 aromatic rings. The van der Waals surface area contributed by atoms with Crippen molar-refractivity contribution in [2.75, 3.05) is 0 Å². The van der Waals surface area contributed by atoms with Crippen LogP contribution >= 0.6 is 0 Å². The zero-order chi connectivity index (χ0) is 14.1. The van der Waals surface area contributed by atoms with Crippen molar-refractivity contribution >= 4 is 11.0 Å². The van der Waals surface area contributed by atoms with Crippen molar-refractivity contribution in [2.24, 2.45) is 0 Å². The number of aromatic amines is 1. The van der Waals surface area contributed by atoms with Gasteiger partial charge in [0.05, 0.1) is 23.1 Å². The van der Waals surface area contributed by atoms with Crippen LogP contribution in [0.5, 0.6) is 0 Å². The lowest BCUT2D eigenvalue weighted by Crippen LogP contribution is -1.89. The molecule has 2 heterocycles. The first-order valence-electron chi connectivity index (χ1n) is 6.64. The van der Waals surface area contributed by atoms with Gasteiger partial charge in [-0.25, -0.2) is 15.0 Å². The van der Waals surface area contributed by atoms with E-state index >= 15 is 0 Å². The first kappa shape index (κ1) is 11.8. The highest BCUT2D eigenvalue weighted by Gasteiger charge is 2.11. The van der Waals surface area contributed by atoms with Crippen molar-refractivity contribution in [3.63, 3.8) is 0 Å². The summed E-state index contributed by atoms with van der Waals surface area (Å²) in [7, 11) is 0. The predicted octanol–water partition coefficient (Wildman–Crippen LogP) is 3.49. The Kier molecular flexibility index (Phi) is 2.71. The van der Waals surface area contributed by atoms with Gasteiger partial charge in [0.25, 0.3) is 0 Å².